The lowest BCUT2D eigenvalue weighted by Crippen LogP contribution is -2.22. The number of benzene rings is 3. The fourth-order valence-corrected chi connectivity index (χ4v) is 3.51. The molecule has 3 aromatic rings. The van der Waals surface area contributed by atoms with Crippen molar-refractivity contribution < 1.29 is 0 Å². The van der Waals surface area contributed by atoms with Crippen LogP contribution in [0.1, 0.15) is 22.6 Å². The van der Waals surface area contributed by atoms with E-state index in [4.69, 9.17) is 11.6 Å². The number of halogens is 1. The van der Waals surface area contributed by atoms with Crippen molar-refractivity contribution in [1.29, 1.82) is 0 Å². The van der Waals surface area contributed by atoms with Crippen LogP contribution in [0, 0.1) is 0 Å². The summed E-state index contributed by atoms with van der Waals surface area (Å²) in [5.41, 5.74) is 6.48. The Morgan fingerprint density at radius 2 is 1.23 bits per heavy atom. The first kappa shape index (κ1) is 13.4. The molecule has 0 aromatic heterocycles. The summed E-state index contributed by atoms with van der Waals surface area (Å²) in [6.45, 7) is 0. The SMILES string of the molecule is CN1c2ccccc2C(c2ccc(Cl)cc2)c2ccccc21. The van der Waals surface area contributed by atoms with Gasteiger partial charge in [-0.2, -0.15) is 0 Å². The third-order valence-electron chi connectivity index (χ3n) is 4.42. The molecule has 22 heavy (non-hydrogen) atoms. The fraction of sp³-hybridized carbons (Fsp3) is 0.100. The van der Waals surface area contributed by atoms with E-state index in [0.29, 0.717) is 0 Å². The number of hydrogen-bond acceptors (Lipinski definition) is 1. The van der Waals surface area contributed by atoms with Gasteiger partial charge >= 0.3 is 0 Å². The molecule has 1 aliphatic rings. The van der Waals surface area contributed by atoms with Crippen LogP contribution in [-0.4, -0.2) is 7.05 Å². The van der Waals surface area contributed by atoms with Crippen LogP contribution in [0.25, 0.3) is 0 Å². The molecule has 0 aliphatic carbocycles. The Morgan fingerprint density at radius 1 is 0.727 bits per heavy atom. The van der Waals surface area contributed by atoms with Crippen molar-refractivity contribution in [1.82, 2.24) is 0 Å². The van der Waals surface area contributed by atoms with Gasteiger partial charge in [0.1, 0.15) is 0 Å². The largest absolute Gasteiger partial charge is 0.344 e. The summed E-state index contributed by atoms with van der Waals surface area (Å²) < 4.78 is 0. The summed E-state index contributed by atoms with van der Waals surface area (Å²) in [4.78, 5) is 2.27. The lowest BCUT2D eigenvalue weighted by Gasteiger charge is -2.35. The average molecular weight is 306 g/mol. The van der Waals surface area contributed by atoms with Crippen molar-refractivity contribution in [3.05, 3.63) is 94.5 Å². The molecule has 0 saturated carbocycles. The third kappa shape index (κ3) is 2.01. The minimum absolute atomic E-state index is 0.251. The van der Waals surface area contributed by atoms with Gasteiger partial charge in [-0.1, -0.05) is 60.1 Å². The molecule has 1 aliphatic heterocycles. The zero-order valence-electron chi connectivity index (χ0n) is 12.3. The van der Waals surface area contributed by atoms with Gasteiger partial charge in [-0.25, -0.2) is 0 Å². The lowest BCUT2D eigenvalue weighted by molar-refractivity contribution is 0.926. The highest BCUT2D eigenvalue weighted by molar-refractivity contribution is 6.30. The highest BCUT2D eigenvalue weighted by Gasteiger charge is 2.29. The van der Waals surface area contributed by atoms with Crippen LogP contribution in [-0.2, 0) is 0 Å². The highest BCUT2D eigenvalue weighted by atomic mass is 35.5. The molecule has 3 aromatic carbocycles. The van der Waals surface area contributed by atoms with Crippen LogP contribution in [0.15, 0.2) is 72.8 Å². The second-order valence-corrected chi connectivity index (χ2v) is 6.10. The quantitative estimate of drug-likeness (QED) is 0.565. The van der Waals surface area contributed by atoms with Gasteiger partial charge in [-0.3, -0.25) is 0 Å². The first-order valence-corrected chi connectivity index (χ1v) is 7.80. The van der Waals surface area contributed by atoms with Crippen molar-refractivity contribution in [2.75, 3.05) is 11.9 Å². The van der Waals surface area contributed by atoms with Gasteiger partial charge in [0.05, 0.1) is 0 Å². The van der Waals surface area contributed by atoms with E-state index in [-0.39, 0.29) is 5.92 Å². The molecule has 1 nitrogen and oxygen atoms in total. The molecule has 0 N–H and O–H groups in total. The standard InChI is InChI=1S/C20H16ClN/c1-22-18-8-4-2-6-16(18)20(14-10-12-15(21)13-11-14)17-7-3-5-9-19(17)22/h2-13,20H,1H3. The molecule has 108 valence electrons. The second kappa shape index (κ2) is 5.19. The van der Waals surface area contributed by atoms with E-state index < -0.39 is 0 Å². The third-order valence-corrected chi connectivity index (χ3v) is 4.67. The molecule has 0 spiro atoms. The monoisotopic (exact) mass is 305 g/mol. The lowest BCUT2D eigenvalue weighted by atomic mass is 9.80. The summed E-state index contributed by atoms with van der Waals surface area (Å²) in [6.07, 6.45) is 0. The predicted molar refractivity (Wildman–Crippen MR) is 93.3 cm³/mol. The van der Waals surface area contributed by atoms with E-state index in [1.54, 1.807) is 0 Å². The highest BCUT2D eigenvalue weighted by Crippen LogP contribution is 2.47. The minimum atomic E-state index is 0.251. The van der Waals surface area contributed by atoms with Crippen LogP contribution < -0.4 is 4.90 Å². The van der Waals surface area contributed by atoms with Crippen molar-refractivity contribution in [2.24, 2.45) is 0 Å². The molecule has 4 rings (SSSR count). The number of fused-ring (bicyclic) bond motifs is 2. The Hall–Kier alpha value is -2.25. The maximum Gasteiger partial charge on any atom is 0.0450 e. The minimum Gasteiger partial charge on any atom is -0.344 e. The molecular weight excluding hydrogens is 290 g/mol. The Kier molecular flexibility index (Phi) is 3.16. The van der Waals surface area contributed by atoms with Crippen molar-refractivity contribution in [3.63, 3.8) is 0 Å². The number of rotatable bonds is 1. The van der Waals surface area contributed by atoms with Crippen LogP contribution >= 0.6 is 11.6 Å². The molecule has 1 heterocycles. The number of para-hydroxylation sites is 2. The Bertz CT molecular complexity index is 776. The van der Waals surface area contributed by atoms with Crippen LogP contribution in [0.4, 0.5) is 11.4 Å². The zero-order chi connectivity index (χ0) is 15.1. The summed E-state index contributed by atoms with van der Waals surface area (Å²) >= 11 is 6.07. The first-order chi connectivity index (χ1) is 10.8. The Balaban J connectivity index is 1.98. The molecule has 0 atom stereocenters. The molecule has 0 fully saturated rings. The van der Waals surface area contributed by atoms with E-state index in [9.17, 15) is 0 Å². The van der Waals surface area contributed by atoms with E-state index in [1.807, 2.05) is 12.1 Å². The molecular formula is C20H16ClN. The van der Waals surface area contributed by atoms with Gasteiger partial charge in [-0.05, 0) is 41.0 Å². The van der Waals surface area contributed by atoms with Crippen LogP contribution in [0.2, 0.25) is 5.02 Å². The van der Waals surface area contributed by atoms with E-state index in [2.05, 4.69) is 72.6 Å². The van der Waals surface area contributed by atoms with Crippen molar-refractivity contribution in [3.8, 4) is 0 Å². The second-order valence-electron chi connectivity index (χ2n) is 5.66. The van der Waals surface area contributed by atoms with Crippen LogP contribution in [0.5, 0.6) is 0 Å². The smallest absolute Gasteiger partial charge is 0.0450 e. The van der Waals surface area contributed by atoms with Gasteiger partial charge in [-0.15, -0.1) is 0 Å². The Labute approximate surface area is 135 Å². The summed E-state index contributed by atoms with van der Waals surface area (Å²) in [6, 6.07) is 25.5. The van der Waals surface area contributed by atoms with Gasteiger partial charge in [0.15, 0.2) is 0 Å². The van der Waals surface area contributed by atoms with E-state index in [0.717, 1.165) is 5.02 Å². The maximum absolute atomic E-state index is 6.07. The Morgan fingerprint density at radius 3 is 1.77 bits per heavy atom. The predicted octanol–water partition coefficient (Wildman–Crippen LogP) is 5.60. The maximum atomic E-state index is 6.07. The van der Waals surface area contributed by atoms with Gasteiger partial charge in [0.2, 0.25) is 0 Å². The number of hydrogen-bond donors (Lipinski definition) is 0. The fourth-order valence-electron chi connectivity index (χ4n) is 3.39. The zero-order valence-corrected chi connectivity index (χ0v) is 13.1. The van der Waals surface area contributed by atoms with Gasteiger partial charge < -0.3 is 4.90 Å². The topological polar surface area (TPSA) is 3.24 Å². The number of nitrogens with zero attached hydrogens (tertiary/aromatic N) is 1. The van der Waals surface area contributed by atoms with Gasteiger partial charge in [0.25, 0.3) is 0 Å². The molecule has 2 heteroatoms. The molecule has 0 radical (unpaired) electrons. The normalized spacial score (nSPS) is 13.6. The van der Waals surface area contributed by atoms with Crippen LogP contribution in [0.3, 0.4) is 0 Å². The molecule has 0 unspecified atom stereocenters. The average Bonchev–Trinajstić information content (AvgIpc) is 2.57. The van der Waals surface area contributed by atoms with E-state index >= 15 is 0 Å². The van der Waals surface area contributed by atoms with Gasteiger partial charge in [0, 0.05) is 29.4 Å². The summed E-state index contributed by atoms with van der Waals surface area (Å²) in [7, 11) is 2.13. The van der Waals surface area contributed by atoms with Crippen molar-refractivity contribution in [2.45, 2.75) is 5.92 Å². The number of anilines is 2. The van der Waals surface area contributed by atoms with Crippen molar-refractivity contribution >= 4 is 23.0 Å². The summed E-state index contributed by atoms with van der Waals surface area (Å²) in [5, 5.41) is 0.776. The summed E-state index contributed by atoms with van der Waals surface area (Å²) in [5.74, 6) is 0.251. The first-order valence-electron chi connectivity index (χ1n) is 7.43. The molecule has 0 amide bonds. The van der Waals surface area contributed by atoms with E-state index in [1.165, 1.54) is 28.1 Å². The molecule has 0 bridgehead atoms. The molecule has 0 saturated heterocycles.